The summed E-state index contributed by atoms with van der Waals surface area (Å²) in [5, 5.41) is 9.93. The van der Waals surface area contributed by atoms with Crippen LogP contribution in [-0.2, 0) is 14.9 Å². The van der Waals surface area contributed by atoms with E-state index in [-0.39, 0.29) is 27.5 Å². The zero-order chi connectivity index (χ0) is 20.5. The number of hydrogen-bond acceptors (Lipinski definition) is 7. The first kappa shape index (κ1) is 20.4. The lowest BCUT2D eigenvalue weighted by Gasteiger charge is -2.13. The molecule has 2 aromatic rings. The molecule has 7 nitrogen and oxygen atoms in total. The number of ether oxygens (including phenoxy) is 1. The molecule has 2 aromatic carbocycles. The molecule has 0 saturated carbocycles. The number of thioether (sulfide) groups is 1. The molecule has 0 aliphatic carbocycles. The molecule has 0 bridgehead atoms. The Morgan fingerprint density at radius 1 is 1.21 bits per heavy atom. The fourth-order valence-electron chi connectivity index (χ4n) is 2.36. The van der Waals surface area contributed by atoms with Crippen LogP contribution in [0.25, 0.3) is 6.08 Å². The van der Waals surface area contributed by atoms with E-state index in [1.165, 1.54) is 19.2 Å². The second-order valence-corrected chi connectivity index (χ2v) is 9.23. The number of nitrogens with one attached hydrogen (secondary N) is 2. The van der Waals surface area contributed by atoms with Gasteiger partial charge in [0.25, 0.3) is 5.91 Å². The summed E-state index contributed by atoms with van der Waals surface area (Å²) >= 11 is 4.30. The number of rotatable bonds is 5. The first-order valence-corrected chi connectivity index (χ1v) is 10.9. The Morgan fingerprint density at radius 2 is 1.89 bits per heavy atom. The number of halogens is 1. The summed E-state index contributed by atoms with van der Waals surface area (Å²) in [5.74, 6) is -0.191. The van der Waals surface area contributed by atoms with E-state index in [2.05, 4.69) is 21.2 Å². The molecular weight excluding hydrogens is 468 g/mol. The van der Waals surface area contributed by atoms with Crippen molar-refractivity contribution in [1.82, 2.24) is 5.32 Å². The second-order valence-electron chi connectivity index (χ2n) is 5.78. The Morgan fingerprint density at radius 3 is 2.46 bits per heavy atom. The van der Waals surface area contributed by atoms with E-state index < -0.39 is 10.1 Å². The molecule has 1 saturated heterocycles. The van der Waals surface area contributed by atoms with Crippen LogP contribution in [0.3, 0.4) is 0 Å². The number of benzene rings is 2. The molecule has 1 heterocycles. The Kier molecular flexibility index (Phi) is 5.82. The number of methoxy groups -OCH3 is 1. The first-order valence-electron chi connectivity index (χ1n) is 7.88. The van der Waals surface area contributed by atoms with Crippen molar-refractivity contribution in [2.75, 3.05) is 7.11 Å². The molecule has 2 N–H and O–H groups in total. The lowest BCUT2D eigenvalue weighted by Crippen LogP contribution is -2.18. The van der Waals surface area contributed by atoms with Crippen molar-refractivity contribution in [2.45, 2.75) is 11.8 Å². The average molecular weight is 483 g/mol. The third kappa shape index (κ3) is 4.40. The Balaban J connectivity index is 1.96. The van der Waals surface area contributed by atoms with Crippen LogP contribution in [0.1, 0.15) is 11.1 Å². The molecule has 3 rings (SSSR count). The summed E-state index contributed by atoms with van der Waals surface area (Å²) in [4.78, 5) is 12.1. The fourth-order valence-corrected chi connectivity index (χ4v) is 4.67. The van der Waals surface area contributed by atoms with Gasteiger partial charge in [-0.25, -0.2) is 0 Å². The van der Waals surface area contributed by atoms with Gasteiger partial charge < -0.3 is 14.2 Å². The van der Waals surface area contributed by atoms with Crippen molar-refractivity contribution >= 4 is 55.0 Å². The number of carbonyl (C=O) groups is 1. The van der Waals surface area contributed by atoms with Gasteiger partial charge in [0.1, 0.15) is 4.90 Å². The van der Waals surface area contributed by atoms with Gasteiger partial charge in [0.15, 0.2) is 16.7 Å². The summed E-state index contributed by atoms with van der Waals surface area (Å²) in [7, 11) is -2.67. The van der Waals surface area contributed by atoms with E-state index in [4.69, 9.17) is 14.3 Å². The zero-order valence-electron chi connectivity index (χ0n) is 14.8. The van der Waals surface area contributed by atoms with Crippen LogP contribution >= 0.6 is 27.7 Å². The topological polar surface area (TPSA) is 106 Å². The van der Waals surface area contributed by atoms with Gasteiger partial charge in [-0.3, -0.25) is 10.2 Å². The Labute approximate surface area is 174 Å². The third-order valence-electron chi connectivity index (χ3n) is 3.72. The fraction of sp³-hybridized carbons (Fsp3) is 0.111. The van der Waals surface area contributed by atoms with Gasteiger partial charge in [-0.15, -0.1) is 0 Å². The summed E-state index contributed by atoms with van der Waals surface area (Å²) < 4.78 is 36.1. The summed E-state index contributed by atoms with van der Waals surface area (Å²) in [5.41, 5.74) is 1.51. The van der Waals surface area contributed by atoms with E-state index in [0.29, 0.717) is 14.9 Å². The molecule has 1 fully saturated rings. The van der Waals surface area contributed by atoms with Crippen molar-refractivity contribution in [3.05, 3.63) is 56.9 Å². The Bertz CT molecular complexity index is 1100. The number of aryl methyl sites for hydroxylation is 1. The summed E-state index contributed by atoms with van der Waals surface area (Å²) in [6.45, 7) is 1.86. The minimum absolute atomic E-state index is 0.00138. The van der Waals surface area contributed by atoms with Crippen LogP contribution in [0.4, 0.5) is 0 Å². The molecule has 0 radical (unpaired) electrons. The van der Waals surface area contributed by atoms with Crippen LogP contribution in [0.2, 0.25) is 0 Å². The first-order chi connectivity index (χ1) is 13.2. The standard InChI is InChI=1S/C18H15BrN2O5S2/c1-10-3-5-12(6-4-10)28(23,24)26-16-13(19)7-11(8-14(16)25-2)9-15-17(22)21-18(20)27-15/h3-9H,1-2H3,(H2,20,21,22). The largest absolute Gasteiger partial charge is 0.493 e. The van der Waals surface area contributed by atoms with Gasteiger partial charge in [0.05, 0.1) is 16.5 Å². The zero-order valence-corrected chi connectivity index (χ0v) is 18.0. The number of amides is 1. The highest BCUT2D eigenvalue weighted by molar-refractivity contribution is 9.10. The van der Waals surface area contributed by atoms with Crippen LogP contribution < -0.4 is 14.2 Å². The van der Waals surface area contributed by atoms with E-state index in [0.717, 1.165) is 17.3 Å². The molecule has 146 valence electrons. The maximum Gasteiger partial charge on any atom is 0.339 e. The quantitative estimate of drug-likeness (QED) is 0.497. The molecule has 10 heteroatoms. The smallest absolute Gasteiger partial charge is 0.339 e. The SMILES string of the molecule is COc1cc(C=C2SC(=N)NC2=O)cc(Br)c1OS(=O)(=O)c1ccc(C)cc1. The van der Waals surface area contributed by atoms with Crippen LogP contribution in [-0.4, -0.2) is 26.6 Å². The van der Waals surface area contributed by atoms with Gasteiger partial charge in [0.2, 0.25) is 0 Å². The van der Waals surface area contributed by atoms with Crippen LogP contribution in [0.5, 0.6) is 11.5 Å². The molecule has 1 amide bonds. The predicted octanol–water partition coefficient (Wildman–Crippen LogP) is 3.67. The lowest BCUT2D eigenvalue weighted by atomic mass is 10.2. The summed E-state index contributed by atoms with van der Waals surface area (Å²) in [6.07, 6.45) is 1.58. The molecule has 0 spiro atoms. The van der Waals surface area contributed by atoms with Crippen molar-refractivity contribution < 1.29 is 22.1 Å². The molecule has 28 heavy (non-hydrogen) atoms. The number of carbonyl (C=O) groups excluding carboxylic acids is 1. The lowest BCUT2D eigenvalue weighted by molar-refractivity contribution is -0.115. The summed E-state index contributed by atoms with van der Waals surface area (Å²) in [6, 6.07) is 9.45. The van der Waals surface area contributed by atoms with E-state index in [1.54, 1.807) is 30.3 Å². The highest BCUT2D eigenvalue weighted by Crippen LogP contribution is 2.39. The van der Waals surface area contributed by atoms with E-state index >= 15 is 0 Å². The molecule has 0 aromatic heterocycles. The average Bonchev–Trinajstić information content (AvgIpc) is 2.94. The van der Waals surface area contributed by atoms with E-state index in [1.807, 2.05) is 6.92 Å². The van der Waals surface area contributed by atoms with Crippen LogP contribution in [0, 0.1) is 12.3 Å². The minimum atomic E-state index is -4.06. The molecular formula is C18H15BrN2O5S2. The highest BCUT2D eigenvalue weighted by Gasteiger charge is 2.24. The Hall–Kier alpha value is -2.30. The molecule has 0 unspecified atom stereocenters. The van der Waals surface area contributed by atoms with Gasteiger partial charge >= 0.3 is 10.1 Å². The molecule has 0 atom stereocenters. The van der Waals surface area contributed by atoms with Crippen molar-refractivity contribution in [1.29, 1.82) is 5.41 Å². The van der Waals surface area contributed by atoms with E-state index in [9.17, 15) is 13.2 Å². The normalized spacial score (nSPS) is 15.6. The van der Waals surface area contributed by atoms with Crippen molar-refractivity contribution in [3.8, 4) is 11.5 Å². The third-order valence-corrected chi connectivity index (χ3v) is 6.37. The number of hydrogen-bond donors (Lipinski definition) is 2. The molecule has 1 aliphatic rings. The van der Waals surface area contributed by atoms with Gasteiger partial charge in [-0.1, -0.05) is 17.7 Å². The number of amidine groups is 1. The van der Waals surface area contributed by atoms with Gasteiger partial charge in [-0.05, 0) is 70.5 Å². The highest BCUT2D eigenvalue weighted by atomic mass is 79.9. The maximum atomic E-state index is 12.6. The van der Waals surface area contributed by atoms with Crippen LogP contribution in [0.15, 0.2) is 50.7 Å². The van der Waals surface area contributed by atoms with Gasteiger partial charge in [-0.2, -0.15) is 8.42 Å². The van der Waals surface area contributed by atoms with Crippen molar-refractivity contribution in [2.24, 2.45) is 0 Å². The maximum absolute atomic E-state index is 12.6. The molecule has 1 aliphatic heterocycles. The minimum Gasteiger partial charge on any atom is -0.493 e. The second kappa shape index (κ2) is 7.98. The predicted molar refractivity (Wildman–Crippen MR) is 111 cm³/mol. The van der Waals surface area contributed by atoms with Gasteiger partial charge in [0, 0.05) is 0 Å². The van der Waals surface area contributed by atoms with Crippen molar-refractivity contribution in [3.63, 3.8) is 0 Å². The monoisotopic (exact) mass is 482 g/mol.